The van der Waals surface area contributed by atoms with E-state index in [1.165, 1.54) is 12.8 Å². The second kappa shape index (κ2) is 8.85. The Morgan fingerprint density at radius 3 is 2.96 bits per heavy atom. The van der Waals surface area contributed by atoms with Gasteiger partial charge in [-0.25, -0.2) is 0 Å². The van der Waals surface area contributed by atoms with Crippen LogP contribution in [-0.2, 0) is 9.59 Å². The summed E-state index contributed by atoms with van der Waals surface area (Å²) in [6, 6.07) is 7.39. The van der Waals surface area contributed by atoms with Crippen LogP contribution in [0.2, 0.25) is 0 Å². The number of amides is 2. The van der Waals surface area contributed by atoms with E-state index in [0.717, 1.165) is 24.4 Å². The van der Waals surface area contributed by atoms with Crippen molar-refractivity contribution in [2.75, 3.05) is 33.3 Å². The van der Waals surface area contributed by atoms with Gasteiger partial charge in [0, 0.05) is 31.7 Å². The standard InChI is InChI=1S/C20H27N3O3/c1-26-18-7-3-2-5-16(18)6-4-11-23-12-10-21-20(25)17(23)13-19(24)22-14-15-8-9-15/h2-7,15,17H,8-14H2,1H3,(H,21,25)(H,22,24)/b6-4+. The minimum Gasteiger partial charge on any atom is -0.496 e. The van der Waals surface area contributed by atoms with Crippen molar-refractivity contribution in [3.63, 3.8) is 0 Å². The van der Waals surface area contributed by atoms with E-state index in [9.17, 15) is 9.59 Å². The number of nitrogens with zero attached hydrogens (tertiary/aromatic N) is 1. The minimum absolute atomic E-state index is 0.0438. The van der Waals surface area contributed by atoms with Gasteiger partial charge < -0.3 is 15.4 Å². The Morgan fingerprint density at radius 1 is 1.38 bits per heavy atom. The molecule has 1 aliphatic heterocycles. The molecule has 1 aromatic rings. The second-order valence-electron chi connectivity index (χ2n) is 6.90. The van der Waals surface area contributed by atoms with Gasteiger partial charge in [-0.3, -0.25) is 14.5 Å². The smallest absolute Gasteiger partial charge is 0.237 e. The number of methoxy groups -OCH3 is 1. The lowest BCUT2D eigenvalue weighted by Gasteiger charge is -2.33. The Balaban J connectivity index is 1.57. The summed E-state index contributed by atoms with van der Waals surface area (Å²) in [7, 11) is 1.65. The van der Waals surface area contributed by atoms with Crippen LogP contribution in [0.25, 0.3) is 6.08 Å². The van der Waals surface area contributed by atoms with Crippen molar-refractivity contribution in [2.45, 2.75) is 25.3 Å². The third kappa shape index (κ3) is 5.08. The first kappa shape index (κ1) is 18.5. The first-order valence-electron chi connectivity index (χ1n) is 9.25. The predicted octanol–water partition coefficient (Wildman–Crippen LogP) is 1.43. The fourth-order valence-electron chi connectivity index (χ4n) is 3.15. The molecule has 3 rings (SSSR count). The molecule has 0 spiro atoms. The van der Waals surface area contributed by atoms with E-state index in [-0.39, 0.29) is 18.2 Å². The molecule has 2 N–H and O–H groups in total. The lowest BCUT2D eigenvalue weighted by molar-refractivity contribution is -0.133. The van der Waals surface area contributed by atoms with E-state index in [2.05, 4.69) is 15.5 Å². The highest BCUT2D eigenvalue weighted by Crippen LogP contribution is 2.27. The zero-order chi connectivity index (χ0) is 18.4. The molecule has 0 radical (unpaired) electrons. The largest absolute Gasteiger partial charge is 0.496 e. The van der Waals surface area contributed by atoms with Gasteiger partial charge in [-0.2, -0.15) is 0 Å². The molecule has 1 heterocycles. The topological polar surface area (TPSA) is 70.7 Å². The van der Waals surface area contributed by atoms with Crippen molar-refractivity contribution in [2.24, 2.45) is 5.92 Å². The number of hydrogen-bond donors (Lipinski definition) is 2. The van der Waals surface area contributed by atoms with Gasteiger partial charge in [-0.1, -0.05) is 30.4 Å². The molecule has 1 atom stereocenters. The number of ether oxygens (including phenoxy) is 1. The quantitative estimate of drug-likeness (QED) is 0.738. The van der Waals surface area contributed by atoms with Crippen molar-refractivity contribution in [1.29, 1.82) is 0 Å². The van der Waals surface area contributed by atoms with Crippen LogP contribution in [0.3, 0.4) is 0 Å². The fourth-order valence-corrected chi connectivity index (χ4v) is 3.15. The normalized spacial score (nSPS) is 20.8. The highest BCUT2D eigenvalue weighted by molar-refractivity contribution is 5.88. The van der Waals surface area contributed by atoms with Crippen molar-refractivity contribution in [3.05, 3.63) is 35.9 Å². The molecule has 2 amide bonds. The van der Waals surface area contributed by atoms with Crippen molar-refractivity contribution in [1.82, 2.24) is 15.5 Å². The molecular formula is C20H27N3O3. The molecule has 1 aromatic carbocycles. The molecule has 1 unspecified atom stereocenters. The molecule has 1 saturated heterocycles. The van der Waals surface area contributed by atoms with Crippen molar-refractivity contribution in [3.8, 4) is 5.75 Å². The van der Waals surface area contributed by atoms with Gasteiger partial charge in [0.1, 0.15) is 5.75 Å². The van der Waals surface area contributed by atoms with Crippen molar-refractivity contribution >= 4 is 17.9 Å². The maximum atomic E-state index is 12.2. The van der Waals surface area contributed by atoms with Crippen LogP contribution in [0.5, 0.6) is 5.75 Å². The number of hydrogen-bond acceptors (Lipinski definition) is 4. The van der Waals surface area contributed by atoms with Crippen LogP contribution in [0.15, 0.2) is 30.3 Å². The van der Waals surface area contributed by atoms with E-state index in [4.69, 9.17) is 4.74 Å². The molecule has 6 nitrogen and oxygen atoms in total. The van der Waals surface area contributed by atoms with E-state index in [1.54, 1.807) is 7.11 Å². The molecule has 1 saturated carbocycles. The Morgan fingerprint density at radius 2 is 2.19 bits per heavy atom. The number of nitrogens with one attached hydrogen (secondary N) is 2. The summed E-state index contributed by atoms with van der Waals surface area (Å²) in [4.78, 5) is 26.5. The highest BCUT2D eigenvalue weighted by atomic mass is 16.5. The Kier molecular flexibility index (Phi) is 6.28. The first-order valence-corrected chi connectivity index (χ1v) is 9.25. The molecular weight excluding hydrogens is 330 g/mol. The number of piperazine rings is 1. The van der Waals surface area contributed by atoms with E-state index in [1.807, 2.05) is 36.4 Å². The fraction of sp³-hybridized carbons (Fsp3) is 0.500. The van der Waals surface area contributed by atoms with Crippen LogP contribution in [-0.4, -0.2) is 56.0 Å². The average molecular weight is 357 g/mol. The summed E-state index contributed by atoms with van der Waals surface area (Å²) in [5.74, 6) is 1.34. The van der Waals surface area contributed by atoms with Crippen LogP contribution in [0, 0.1) is 5.92 Å². The highest BCUT2D eigenvalue weighted by Gasteiger charge is 2.31. The Bertz CT molecular complexity index is 670. The Labute approximate surface area is 154 Å². The zero-order valence-corrected chi connectivity index (χ0v) is 15.2. The third-order valence-corrected chi connectivity index (χ3v) is 4.88. The summed E-state index contributed by atoms with van der Waals surface area (Å²) in [6.45, 7) is 2.71. The SMILES string of the molecule is COc1ccccc1/C=C/CN1CCNC(=O)C1CC(=O)NCC1CC1. The zero-order valence-electron chi connectivity index (χ0n) is 15.2. The molecule has 140 valence electrons. The minimum atomic E-state index is -0.412. The van der Waals surface area contributed by atoms with E-state index < -0.39 is 6.04 Å². The van der Waals surface area contributed by atoms with Gasteiger partial charge in [0.05, 0.1) is 19.6 Å². The first-order chi connectivity index (χ1) is 12.7. The van der Waals surface area contributed by atoms with Gasteiger partial charge in [-0.15, -0.1) is 0 Å². The van der Waals surface area contributed by atoms with Crippen LogP contribution >= 0.6 is 0 Å². The second-order valence-corrected chi connectivity index (χ2v) is 6.90. The van der Waals surface area contributed by atoms with Crippen LogP contribution < -0.4 is 15.4 Å². The van der Waals surface area contributed by atoms with E-state index in [0.29, 0.717) is 19.0 Å². The maximum absolute atomic E-state index is 12.2. The summed E-state index contributed by atoms with van der Waals surface area (Å²) in [6.07, 6.45) is 6.62. The predicted molar refractivity (Wildman–Crippen MR) is 101 cm³/mol. The molecule has 1 aliphatic carbocycles. The molecule has 26 heavy (non-hydrogen) atoms. The van der Waals surface area contributed by atoms with Crippen LogP contribution in [0.1, 0.15) is 24.8 Å². The summed E-state index contributed by atoms with van der Waals surface area (Å²) < 4.78 is 5.35. The molecule has 0 bridgehead atoms. The third-order valence-electron chi connectivity index (χ3n) is 4.88. The van der Waals surface area contributed by atoms with Gasteiger partial charge in [0.2, 0.25) is 11.8 Å². The monoisotopic (exact) mass is 357 g/mol. The molecule has 2 aliphatic rings. The Hall–Kier alpha value is -2.34. The van der Waals surface area contributed by atoms with Gasteiger partial charge >= 0.3 is 0 Å². The number of carbonyl (C=O) groups is 2. The number of para-hydroxylation sites is 1. The lowest BCUT2D eigenvalue weighted by atomic mass is 10.1. The van der Waals surface area contributed by atoms with Gasteiger partial charge in [-0.05, 0) is 24.8 Å². The summed E-state index contributed by atoms with van der Waals surface area (Å²) in [5, 5.41) is 5.82. The number of carbonyl (C=O) groups excluding carboxylic acids is 2. The van der Waals surface area contributed by atoms with Gasteiger partial charge in [0.15, 0.2) is 0 Å². The number of rotatable bonds is 8. The molecule has 6 heteroatoms. The molecule has 2 fully saturated rings. The van der Waals surface area contributed by atoms with E-state index >= 15 is 0 Å². The van der Waals surface area contributed by atoms with Gasteiger partial charge in [0.25, 0.3) is 0 Å². The summed E-state index contributed by atoms with van der Waals surface area (Å²) >= 11 is 0. The maximum Gasteiger partial charge on any atom is 0.237 e. The lowest BCUT2D eigenvalue weighted by Crippen LogP contribution is -2.56. The van der Waals surface area contributed by atoms with Crippen LogP contribution in [0.4, 0.5) is 0 Å². The van der Waals surface area contributed by atoms with Crippen molar-refractivity contribution < 1.29 is 14.3 Å². The summed E-state index contributed by atoms with van der Waals surface area (Å²) in [5.41, 5.74) is 0.996. The molecule has 0 aromatic heterocycles. The number of benzene rings is 1. The average Bonchev–Trinajstić information content (AvgIpc) is 3.47.